The van der Waals surface area contributed by atoms with E-state index in [4.69, 9.17) is 0 Å². The lowest BCUT2D eigenvalue weighted by Gasteiger charge is -2.20. The molecule has 2 rings (SSSR count). The molecule has 1 aromatic carbocycles. The summed E-state index contributed by atoms with van der Waals surface area (Å²) in [5.74, 6) is -0.205. The van der Waals surface area contributed by atoms with Gasteiger partial charge in [-0.3, -0.25) is 4.68 Å². The summed E-state index contributed by atoms with van der Waals surface area (Å²) in [6, 6.07) is 6.68. The van der Waals surface area contributed by atoms with Crippen LogP contribution in [0.2, 0.25) is 0 Å². The number of rotatable bonds is 4. The molecule has 0 aliphatic heterocycles. The van der Waals surface area contributed by atoms with Gasteiger partial charge in [0.25, 0.3) is 0 Å². The third kappa shape index (κ3) is 4.14. The molecular weight excluding hydrogens is 265 g/mol. The molecular formula is C17H24FN3. The van der Waals surface area contributed by atoms with Crippen LogP contribution in [-0.2, 0) is 13.1 Å². The molecule has 0 saturated carbocycles. The first kappa shape index (κ1) is 15.7. The fraction of sp³-hybridized carbons (Fsp3) is 0.471. The molecule has 21 heavy (non-hydrogen) atoms. The average Bonchev–Trinajstić information content (AvgIpc) is 2.61. The van der Waals surface area contributed by atoms with Crippen molar-refractivity contribution in [3.05, 3.63) is 52.6 Å². The van der Waals surface area contributed by atoms with E-state index in [0.717, 1.165) is 23.5 Å². The molecule has 0 fully saturated rings. The van der Waals surface area contributed by atoms with Gasteiger partial charge in [0.05, 0.1) is 12.2 Å². The van der Waals surface area contributed by atoms with Gasteiger partial charge in [-0.05, 0) is 52.3 Å². The minimum atomic E-state index is -0.205. The number of hydrogen-bond donors (Lipinski definition) is 1. The fourth-order valence-electron chi connectivity index (χ4n) is 2.31. The zero-order chi connectivity index (χ0) is 15.6. The first-order valence-corrected chi connectivity index (χ1v) is 7.28. The lowest BCUT2D eigenvalue weighted by molar-refractivity contribution is 0.423. The molecule has 114 valence electrons. The Hall–Kier alpha value is -1.68. The molecule has 0 saturated heterocycles. The highest BCUT2D eigenvalue weighted by Crippen LogP contribution is 2.16. The lowest BCUT2D eigenvalue weighted by Crippen LogP contribution is -2.35. The molecule has 0 amide bonds. The predicted octanol–water partition coefficient (Wildman–Crippen LogP) is 3.58. The van der Waals surface area contributed by atoms with Crippen LogP contribution in [0, 0.1) is 19.7 Å². The Morgan fingerprint density at radius 3 is 2.57 bits per heavy atom. The number of nitrogens with one attached hydrogen (secondary N) is 1. The lowest BCUT2D eigenvalue weighted by atomic mass is 10.1. The summed E-state index contributed by atoms with van der Waals surface area (Å²) < 4.78 is 15.2. The van der Waals surface area contributed by atoms with Crippen LogP contribution in [0.1, 0.15) is 43.3 Å². The van der Waals surface area contributed by atoms with Gasteiger partial charge in [-0.15, -0.1) is 0 Å². The van der Waals surface area contributed by atoms with Crippen LogP contribution in [0.5, 0.6) is 0 Å². The van der Waals surface area contributed by atoms with E-state index in [1.807, 2.05) is 17.7 Å². The highest BCUT2D eigenvalue weighted by atomic mass is 19.1. The molecule has 0 bridgehead atoms. The molecule has 4 heteroatoms. The van der Waals surface area contributed by atoms with Crippen molar-refractivity contribution in [2.24, 2.45) is 0 Å². The molecule has 0 aliphatic carbocycles. The average molecular weight is 289 g/mol. The molecule has 0 atom stereocenters. The summed E-state index contributed by atoms with van der Waals surface area (Å²) in [5.41, 5.74) is 4.38. The second kappa shape index (κ2) is 5.98. The van der Waals surface area contributed by atoms with Gasteiger partial charge in [-0.2, -0.15) is 5.10 Å². The Bertz CT molecular complexity index is 623. The van der Waals surface area contributed by atoms with Crippen molar-refractivity contribution in [3.63, 3.8) is 0 Å². The standard InChI is InChI=1S/C17H24FN3/c1-12-16(10-19-17(3,4)5)13(2)21(20-12)11-14-7-6-8-15(18)9-14/h6-9,19H,10-11H2,1-5H3. The van der Waals surface area contributed by atoms with Crippen molar-refractivity contribution in [1.82, 2.24) is 15.1 Å². The van der Waals surface area contributed by atoms with Crippen LogP contribution in [0.4, 0.5) is 4.39 Å². The van der Waals surface area contributed by atoms with Gasteiger partial charge < -0.3 is 5.32 Å². The van der Waals surface area contributed by atoms with Crippen molar-refractivity contribution < 1.29 is 4.39 Å². The SMILES string of the molecule is Cc1nn(Cc2cccc(F)c2)c(C)c1CNC(C)(C)C. The van der Waals surface area contributed by atoms with Crippen molar-refractivity contribution in [3.8, 4) is 0 Å². The Labute approximate surface area is 126 Å². The van der Waals surface area contributed by atoms with Crippen LogP contribution in [0.3, 0.4) is 0 Å². The van der Waals surface area contributed by atoms with Gasteiger partial charge >= 0.3 is 0 Å². The third-order valence-electron chi connectivity index (χ3n) is 3.55. The molecule has 1 N–H and O–H groups in total. The summed E-state index contributed by atoms with van der Waals surface area (Å²) in [7, 11) is 0. The summed E-state index contributed by atoms with van der Waals surface area (Å²) >= 11 is 0. The van der Waals surface area contributed by atoms with Gasteiger partial charge in [0.15, 0.2) is 0 Å². The first-order valence-electron chi connectivity index (χ1n) is 7.28. The second-order valence-corrected chi connectivity index (χ2v) is 6.54. The summed E-state index contributed by atoms with van der Waals surface area (Å²) in [6.45, 7) is 11.9. The number of aryl methyl sites for hydroxylation is 1. The van der Waals surface area contributed by atoms with E-state index in [1.54, 1.807) is 12.1 Å². The van der Waals surface area contributed by atoms with Crippen molar-refractivity contribution in [2.45, 2.75) is 53.2 Å². The topological polar surface area (TPSA) is 29.9 Å². The first-order chi connectivity index (χ1) is 9.76. The molecule has 0 radical (unpaired) electrons. The molecule has 2 aromatic rings. The van der Waals surface area contributed by atoms with E-state index in [1.165, 1.54) is 11.6 Å². The number of aromatic nitrogens is 2. The second-order valence-electron chi connectivity index (χ2n) is 6.54. The molecule has 0 spiro atoms. The fourth-order valence-corrected chi connectivity index (χ4v) is 2.31. The van der Waals surface area contributed by atoms with E-state index in [-0.39, 0.29) is 11.4 Å². The van der Waals surface area contributed by atoms with Crippen LogP contribution < -0.4 is 5.32 Å². The van der Waals surface area contributed by atoms with Gasteiger partial charge in [-0.1, -0.05) is 12.1 Å². The van der Waals surface area contributed by atoms with Gasteiger partial charge in [-0.25, -0.2) is 4.39 Å². The normalized spacial score (nSPS) is 11.9. The van der Waals surface area contributed by atoms with Crippen molar-refractivity contribution >= 4 is 0 Å². The van der Waals surface area contributed by atoms with Crippen LogP contribution in [0.15, 0.2) is 24.3 Å². The highest BCUT2D eigenvalue weighted by Gasteiger charge is 2.15. The molecule has 1 aromatic heterocycles. The van der Waals surface area contributed by atoms with Crippen molar-refractivity contribution in [2.75, 3.05) is 0 Å². The van der Waals surface area contributed by atoms with E-state index >= 15 is 0 Å². The zero-order valence-corrected chi connectivity index (χ0v) is 13.5. The maximum absolute atomic E-state index is 13.3. The quantitative estimate of drug-likeness (QED) is 0.932. The highest BCUT2D eigenvalue weighted by molar-refractivity contribution is 5.26. The summed E-state index contributed by atoms with van der Waals surface area (Å²) in [5, 5.41) is 8.08. The molecule has 1 heterocycles. The molecule has 0 aliphatic rings. The van der Waals surface area contributed by atoms with E-state index in [2.05, 4.69) is 38.1 Å². The van der Waals surface area contributed by atoms with E-state index in [9.17, 15) is 4.39 Å². The third-order valence-corrected chi connectivity index (χ3v) is 3.55. The number of halogens is 1. The molecule has 3 nitrogen and oxygen atoms in total. The van der Waals surface area contributed by atoms with Gasteiger partial charge in [0, 0.05) is 23.3 Å². The maximum atomic E-state index is 13.3. The molecule has 0 unspecified atom stereocenters. The van der Waals surface area contributed by atoms with Crippen LogP contribution in [-0.4, -0.2) is 15.3 Å². The minimum Gasteiger partial charge on any atom is -0.308 e. The smallest absolute Gasteiger partial charge is 0.123 e. The predicted molar refractivity (Wildman–Crippen MR) is 83.8 cm³/mol. The van der Waals surface area contributed by atoms with Crippen LogP contribution in [0.25, 0.3) is 0 Å². The maximum Gasteiger partial charge on any atom is 0.123 e. The van der Waals surface area contributed by atoms with E-state index in [0.29, 0.717) is 6.54 Å². The number of nitrogens with zero attached hydrogens (tertiary/aromatic N) is 2. The minimum absolute atomic E-state index is 0.0730. The summed E-state index contributed by atoms with van der Waals surface area (Å²) in [4.78, 5) is 0. The Balaban J connectivity index is 2.19. The Morgan fingerprint density at radius 2 is 1.95 bits per heavy atom. The van der Waals surface area contributed by atoms with Crippen molar-refractivity contribution in [1.29, 1.82) is 0 Å². The van der Waals surface area contributed by atoms with Gasteiger partial charge in [0.1, 0.15) is 5.82 Å². The number of hydrogen-bond acceptors (Lipinski definition) is 2. The monoisotopic (exact) mass is 289 g/mol. The Kier molecular flexibility index (Phi) is 4.47. The van der Waals surface area contributed by atoms with E-state index < -0.39 is 0 Å². The largest absolute Gasteiger partial charge is 0.308 e. The summed E-state index contributed by atoms with van der Waals surface area (Å²) in [6.07, 6.45) is 0. The zero-order valence-electron chi connectivity index (χ0n) is 13.5. The van der Waals surface area contributed by atoms with Gasteiger partial charge in [0.2, 0.25) is 0 Å². The Morgan fingerprint density at radius 1 is 1.24 bits per heavy atom. The number of benzene rings is 1. The van der Waals surface area contributed by atoms with Crippen LogP contribution >= 0.6 is 0 Å².